The first-order chi connectivity index (χ1) is 15.1. The van der Waals surface area contributed by atoms with Crippen LogP contribution in [0.15, 0.2) is 42.5 Å². The summed E-state index contributed by atoms with van der Waals surface area (Å²) in [5.74, 6) is 1.32. The molecule has 0 fully saturated rings. The number of imidazole rings is 1. The Bertz CT molecular complexity index is 1080. The van der Waals surface area contributed by atoms with Gasteiger partial charge in [0, 0.05) is 7.05 Å². The first-order valence-corrected chi connectivity index (χ1v) is 11.5. The molecular formula is C26H30ClN3O. The molecule has 0 aliphatic heterocycles. The first-order valence-electron chi connectivity index (χ1n) is 11.1. The van der Waals surface area contributed by atoms with Gasteiger partial charge in [0.05, 0.1) is 28.2 Å². The molecule has 1 aromatic heterocycles. The van der Waals surface area contributed by atoms with Crippen LogP contribution in [0.25, 0.3) is 22.7 Å². The predicted octanol–water partition coefficient (Wildman–Crippen LogP) is 7.42. The Labute approximate surface area is 190 Å². The van der Waals surface area contributed by atoms with Gasteiger partial charge in [-0.3, -0.25) is 0 Å². The first kappa shape index (κ1) is 22.9. The number of benzene rings is 2. The number of aromatic nitrogens is 2. The van der Waals surface area contributed by atoms with Crippen LogP contribution in [0.3, 0.4) is 0 Å². The van der Waals surface area contributed by atoms with Gasteiger partial charge in [-0.2, -0.15) is 5.26 Å². The molecule has 0 spiro atoms. The molecule has 4 nitrogen and oxygen atoms in total. The zero-order chi connectivity index (χ0) is 22.1. The summed E-state index contributed by atoms with van der Waals surface area (Å²) < 4.78 is 7.80. The van der Waals surface area contributed by atoms with Gasteiger partial charge in [-0.1, -0.05) is 75.2 Å². The zero-order valence-electron chi connectivity index (χ0n) is 18.4. The molecule has 0 saturated heterocycles. The van der Waals surface area contributed by atoms with Crippen molar-refractivity contribution < 1.29 is 4.74 Å². The summed E-state index contributed by atoms with van der Waals surface area (Å²) in [4.78, 5) is 4.62. The summed E-state index contributed by atoms with van der Waals surface area (Å²) in [5, 5.41) is 10.3. The molecule has 0 saturated carbocycles. The van der Waals surface area contributed by atoms with Crippen molar-refractivity contribution in [3.8, 4) is 11.8 Å². The van der Waals surface area contributed by atoms with E-state index in [4.69, 9.17) is 16.3 Å². The molecule has 1 heterocycles. The number of halogens is 1. The summed E-state index contributed by atoms with van der Waals surface area (Å²) in [6.07, 6.45) is 10.5. The van der Waals surface area contributed by atoms with Crippen molar-refractivity contribution in [2.45, 2.75) is 51.9 Å². The second-order valence-corrected chi connectivity index (χ2v) is 8.22. The quantitative estimate of drug-likeness (QED) is 0.232. The minimum absolute atomic E-state index is 0.492. The van der Waals surface area contributed by atoms with Crippen LogP contribution in [0.1, 0.15) is 63.3 Å². The van der Waals surface area contributed by atoms with Crippen molar-refractivity contribution in [2.75, 3.05) is 6.61 Å². The smallest absolute Gasteiger partial charge is 0.151 e. The molecule has 162 valence electrons. The topological polar surface area (TPSA) is 50.8 Å². The van der Waals surface area contributed by atoms with Crippen LogP contribution in [0.2, 0.25) is 5.02 Å². The van der Waals surface area contributed by atoms with Crippen LogP contribution in [-0.2, 0) is 7.05 Å². The number of hydrogen-bond acceptors (Lipinski definition) is 3. The summed E-state index contributed by atoms with van der Waals surface area (Å²) in [6, 6.07) is 15.8. The van der Waals surface area contributed by atoms with E-state index >= 15 is 0 Å². The van der Waals surface area contributed by atoms with E-state index in [1.54, 1.807) is 0 Å². The van der Waals surface area contributed by atoms with E-state index in [9.17, 15) is 5.26 Å². The normalized spacial score (nSPS) is 11.6. The van der Waals surface area contributed by atoms with Crippen molar-refractivity contribution >= 4 is 34.3 Å². The van der Waals surface area contributed by atoms with Gasteiger partial charge in [0.2, 0.25) is 0 Å². The van der Waals surface area contributed by atoms with E-state index in [2.05, 4.69) is 18.0 Å². The number of hydrogen-bond donors (Lipinski definition) is 0. The molecule has 0 unspecified atom stereocenters. The molecule has 5 heteroatoms. The standard InChI is InChI=1S/C26H30ClN3O/c1-3-4-5-6-7-8-11-16-31-25-15-14-20(18-22(25)27)17-21(19-28)26-29-23-12-9-10-13-24(23)30(26)2/h9-10,12-15,17-18H,3-8,11,16H2,1-2H3/b21-17-. The number of fused-ring (bicyclic) bond motifs is 1. The number of rotatable bonds is 11. The molecule has 0 aliphatic carbocycles. The van der Waals surface area contributed by atoms with Crippen molar-refractivity contribution in [1.29, 1.82) is 5.26 Å². The monoisotopic (exact) mass is 435 g/mol. The van der Waals surface area contributed by atoms with E-state index in [0.29, 0.717) is 28.8 Å². The number of nitriles is 1. The minimum atomic E-state index is 0.492. The van der Waals surface area contributed by atoms with E-state index < -0.39 is 0 Å². The van der Waals surface area contributed by atoms with Crippen LogP contribution in [0, 0.1) is 11.3 Å². The van der Waals surface area contributed by atoms with Gasteiger partial charge < -0.3 is 9.30 Å². The molecule has 0 bridgehead atoms. The van der Waals surface area contributed by atoms with Crippen LogP contribution < -0.4 is 4.74 Å². The van der Waals surface area contributed by atoms with Crippen LogP contribution in [0.5, 0.6) is 5.75 Å². The molecule has 3 rings (SSSR count). The Morgan fingerprint density at radius 2 is 1.84 bits per heavy atom. The fourth-order valence-electron chi connectivity index (χ4n) is 3.67. The molecule has 0 atom stereocenters. The SMILES string of the molecule is CCCCCCCCCOc1ccc(/C=C(/C#N)c2nc3ccccc3n2C)cc1Cl. The fourth-order valence-corrected chi connectivity index (χ4v) is 3.91. The lowest BCUT2D eigenvalue weighted by atomic mass is 10.1. The Kier molecular flexibility index (Phi) is 8.55. The lowest BCUT2D eigenvalue weighted by molar-refractivity contribution is 0.304. The summed E-state index contributed by atoms with van der Waals surface area (Å²) in [5.41, 5.74) is 3.20. The molecule has 0 amide bonds. The predicted molar refractivity (Wildman–Crippen MR) is 129 cm³/mol. The zero-order valence-corrected chi connectivity index (χ0v) is 19.2. The number of allylic oxidation sites excluding steroid dienone is 1. The van der Waals surface area contributed by atoms with E-state index in [-0.39, 0.29) is 0 Å². The molecule has 2 aromatic carbocycles. The second kappa shape index (κ2) is 11.6. The average molecular weight is 436 g/mol. The highest BCUT2D eigenvalue weighted by molar-refractivity contribution is 6.32. The van der Waals surface area contributed by atoms with Crippen molar-refractivity contribution in [2.24, 2.45) is 7.05 Å². The van der Waals surface area contributed by atoms with Gasteiger partial charge in [0.15, 0.2) is 5.82 Å². The highest BCUT2D eigenvalue weighted by Gasteiger charge is 2.12. The van der Waals surface area contributed by atoms with Gasteiger partial charge in [0.25, 0.3) is 0 Å². The van der Waals surface area contributed by atoms with E-state index in [1.165, 1.54) is 38.5 Å². The van der Waals surface area contributed by atoms with Crippen molar-refractivity contribution in [1.82, 2.24) is 9.55 Å². The largest absolute Gasteiger partial charge is 0.492 e. The Balaban J connectivity index is 1.62. The maximum atomic E-state index is 9.72. The number of aryl methyl sites for hydroxylation is 1. The van der Waals surface area contributed by atoms with Gasteiger partial charge in [-0.15, -0.1) is 0 Å². The van der Waals surface area contributed by atoms with Gasteiger partial charge >= 0.3 is 0 Å². The lowest BCUT2D eigenvalue weighted by Gasteiger charge is -2.09. The average Bonchev–Trinajstić information content (AvgIpc) is 3.11. The number of nitrogens with zero attached hydrogens (tertiary/aromatic N) is 3. The summed E-state index contributed by atoms with van der Waals surface area (Å²) in [7, 11) is 1.92. The second-order valence-electron chi connectivity index (χ2n) is 7.81. The third kappa shape index (κ3) is 6.12. The number of unbranched alkanes of at least 4 members (excludes halogenated alkanes) is 6. The van der Waals surface area contributed by atoms with Gasteiger partial charge in [-0.05, 0) is 42.3 Å². The molecule has 3 aromatic rings. The van der Waals surface area contributed by atoms with Crippen LogP contribution >= 0.6 is 11.6 Å². The molecule has 0 radical (unpaired) electrons. The Morgan fingerprint density at radius 1 is 1.10 bits per heavy atom. The number of para-hydroxylation sites is 2. The molecule has 0 N–H and O–H groups in total. The van der Waals surface area contributed by atoms with E-state index in [0.717, 1.165) is 23.0 Å². The number of ether oxygens (including phenoxy) is 1. The van der Waals surface area contributed by atoms with Crippen LogP contribution in [0.4, 0.5) is 0 Å². The molecular weight excluding hydrogens is 406 g/mol. The highest BCUT2D eigenvalue weighted by atomic mass is 35.5. The van der Waals surface area contributed by atoms with Crippen molar-refractivity contribution in [3.05, 3.63) is 58.9 Å². The third-order valence-electron chi connectivity index (χ3n) is 5.42. The Hall–Kier alpha value is -2.77. The summed E-state index contributed by atoms with van der Waals surface area (Å²) >= 11 is 6.44. The maximum absolute atomic E-state index is 9.72. The highest BCUT2D eigenvalue weighted by Crippen LogP contribution is 2.28. The fraction of sp³-hybridized carbons (Fsp3) is 0.385. The minimum Gasteiger partial charge on any atom is -0.492 e. The lowest BCUT2D eigenvalue weighted by Crippen LogP contribution is -1.98. The third-order valence-corrected chi connectivity index (χ3v) is 5.72. The van der Waals surface area contributed by atoms with Crippen molar-refractivity contribution in [3.63, 3.8) is 0 Å². The van der Waals surface area contributed by atoms with E-state index in [1.807, 2.05) is 60.2 Å². The maximum Gasteiger partial charge on any atom is 0.151 e. The Morgan fingerprint density at radius 3 is 2.55 bits per heavy atom. The molecule has 0 aliphatic rings. The van der Waals surface area contributed by atoms with Gasteiger partial charge in [0.1, 0.15) is 11.8 Å². The molecule has 31 heavy (non-hydrogen) atoms. The summed E-state index contributed by atoms with van der Waals surface area (Å²) in [6.45, 7) is 2.91. The van der Waals surface area contributed by atoms with Crippen LogP contribution in [-0.4, -0.2) is 16.2 Å². The van der Waals surface area contributed by atoms with Gasteiger partial charge in [-0.25, -0.2) is 4.98 Å².